The number of hydrogen-bond acceptors (Lipinski definition) is 5. The Morgan fingerprint density at radius 2 is 2.16 bits per heavy atom. The van der Waals surface area contributed by atoms with E-state index in [1.165, 1.54) is 16.6 Å². The fraction of sp³-hybridized carbons (Fsp3) is 0.167. The topological polar surface area (TPSA) is 74.4 Å². The lowest BCUT2D eigenvalue weighted by atomic mass is 10.1. The molecule has 0 amide bonds. The number of ketones is 1. The van der Waals surface area contributed by atoms with E-state index < -0.39 is 0 Å². The van der Waals surface area contributed by atoms with Gasteiger partial charge in [0.25, 0.3) is 0 Å². The maximum Gasteiger partial charge on any atom is 0.209 e. The number of carbonyl (C=O) groups excluding carboxylic acids is 1. The molecular weight excluding hydrogens is 352 g/mol. The molecule has 0 radical (unpaired) electrons. The van der Waals surface area contributed by atoms with E-state index in [0.29, 0.717) is 10.7 Å². The summed E-state index contributed by atoms with van der Waals surface area (Å²) in [4.78, 5) is 21.7. The van der Waals surface area contributed by atoms with E-state index in [2.05, 4.69) is 26.2 Å². The first-order chi connectivity index (χ1) is 12.2. The molecule has 4 rings (SSSR count). The average Bonchev–Trinajstić information content (AvgIpc) is 3.35. The van der Waals surface area contributed by atoms with Crippen LogP contribution in [0.2, 0.25) is 0 Å². The summed E-state index contributed by atoms with van der Waals surface area (Å²) in [5.41, 5.74) is 1.68. The predicted octanol–water partition coefficient (Wildman–Crippen LogP) is 4.30. The molecular formula is C18H16N4OS2. The molecule has 3 heterocycles. The highest BCUT2D eigenvalue weighted by atomic mass is 32.2. The molecule has 2 N–H and O–H groups in total. The number of thioether (sulfide) groups is 1. The fourth-order valence-electron chi connectivity index (χ4n) is 2.69. The number of aromatic amines is 2. The number of nitrogens with one attached hydrogen (secondary N) is 2. The van der Waals surface area contributed by atoms with Gasteiger partial charge in [0.05, 0.1) is 5.25 Å². The van der Waals surface area contributed by atoms with E-state index >= 15 is 0 Å². The monoisotopic (exact) mass is 368 g/mol. The van der Waals surface area contributed by atoms with Crippen LogP contribution >= 0.6 is 23.1 Å². The Bertz CT molecular complexity index is 1000. The summed E-state index contributed by atoms with van der Waals surface area (Å²) < 4.78 is 0. The van der Waals surface area contributed by atoms with Crippen molar-refractivity contribution in [2.75, 3.05) is 0 Å². The van der Waals surface area contributed by atoms with Gasteiger partial charge in [-0.2, -0.15) is 0 Å². The predicted molar refractivity (Wildman–Crippen MR) is 101 cm³/mol. The van der Waals surface area contributed by atoms with E-state index in [4.69, 9.17) is 0 Å². The Balaban J connectivity index is 1.47. The van der Waals surface area contributed by atoms with Crippen LogP contribution in [0.25, 0.3) is 10.9 Å². The zero-order valence-electron chi connectivity index (χ0n) is 13.5. The van der Waals surface area contributed by atoms with Gasteiger partial charge in [-0.05, 0) is 24.4 Å². The molecule has 0 aliphatic carbocycles. The lowest BCUT2D eigenvalue weighted by Gasteiger charge is -2.06. The van der Waals surface area contributed by atoms with Crippen LogP contribution in [0.3, 0.4) is 0 Å². The van der Waals surface area contributed by atoms with Crippen LogP contribution in [0, 0.1) is 0 Å². The molecule has 1 atom stereocenters. The van der Waals surface area contributed by atoms with Crippen LogP contribution in [-0.4, -0.2) is 31.2 Å². The molecule has 0 fully saturated rings. The van der Waals surface area contributed by atoms with Gasteiger partial charge in [-0.25, -0.2) is 4.98 Å². The van der Waals surface area contributed by atoms with Gasteiger partial charge in [0.15, 0.2) is 5.78 Å². The van der Waals surface area contributed by atoms with Crippen LogP contribution in [-0.2, 0) is 6.42 Å². The number of para-hydroxylation sites is 1. The van der Waals surface area contributed by atoms with Crippen LogP contribution in [0.15, 0.2) is 53.1 Å². The Labute approximate surface area is 152 Å². The molecule has 7 heteroatoms. The van der Waals surface area contributed by atoms with Crippen LogP contribution in [0.4, 0.5) is 0 Å². The average molecular weight is 368 g/mol. The number of fused-ring (bicyclic) bond motifs is 1. The summed E-state index contributed by atoms with van der Waals surface area (Å²) in [7, 11) is 0. The van der Waals surface area contributed by atoms with Crippen molar-refractivity contribution in [3.05, 3.63) is 64.2 Å². The van der Waals surface area contributed by atoms with Gasteiger partial charge in [-0.15, -0.1) is 16.4 Å². The molecule has 4 aromatic rings. The molecule has 0 saturated heterocycles. The van der Waals surface area contributed by atoms with Gasteiger partial charge >= 0.3 is 0 Å². The minimum Gasteiger partial charge on any atom is -0.360 e. The minimum atomic E-state index is -0.260. The Hall–Kier alpha value is -2.38. The Kier molecular flexibility index (Phi) is 4.42. The van der Waals surface area contributed by atoms with E-state index in [0.717, 1.165) is 23.1 Å². The third-order valence-corrected chi connectivity index (χ3v) is 5.78. The van der Waals surface area contributed by atoms with E-state index in [1.54, 1.807) is 17.5 Å². The van der Waals surface area contributed by atoms with Crippen molar-refractivity contribution in [2.24, 2.45) is 0 Å². The van der Waals surface area contributed by atoms with Crippen molar-refractivity contribution in [3.63, 3.8) is 0 Å². The molecule has 1 unspecified atom stereocenters. The quantitative estimate of drug-likeness (QED) is 0.393. The lowest BCUT2D eigenvalue weighted by Crippen LogP contribution is -2.13. The summed E-state index contributed by atoms with van der Waals surface area (Å²) in [6.45, 7) is 1.89. The highest BCUT2D eigenvalue weighted by Crippen LogP contribution is 2.26. The second-order valence-electron chi connectivity index (χ2n) is 5.69. The number of rotatable bonds is 6. The molecule has 0 aliphatic rings. The van der Waals surface area contributed by atoms with Crippen molar-refractivity contribution in [1.82, 2.24) is 20.2 Å². The summed E-state index contributed by atoms with van der Waals surface area (Å²) >= 11 is 3.07. The van der Waals surface area contributed by atoms with Gasteiger partial charge in [-0.3, -0.25) is 9.89 Å². The van der Waals surface area contributed by atoms with Gasteiger partial charge in [0, 0.05) is 34.0 Å². The largest absolute Gasteiger partial charge is 0.360 e. The van der Waals surface area contributed by atoms with Crippen molar-refractivity contribution in [1.29, 1.82) is 0 Å². The van der Waals surface area contributed by atoms with E-state index in [9.17, 15) is 4.79 Å². The summed E-state index contributed by atoms with van der Waals surface area (Å²) in [5.74, 6) is 0.892. The summed E-state index contributed by atoms with van der Waals surface area (Å²) in [6, 6.07) is 11.9. The Morgan fingerprint density at radius 3 is 3.00 bits per heavy atom. The molecule has 5 nitrogen and oxygen atoms in total. The van der Waals surface area contributed by atoms with Crippen molar-refractivity contribution in [3.8, 4) is 0 Å². The van der Waals surface area contributed by atoms with E-state index in [-0.39, 0.29) is 11.0 Å². The van der Waals surface area contributed by atoms with Crippen molar-refractivity contribution in [2.45, 2.75) is 23.8 Å². The smallest absolute Gasteiger partial charge is 0.209 e. The van der Waals surface area contributed by atoms with Gasteiger partial charge in [0.2, 0.25) is 5.16 Å². The third-order valence-electron chi connectivity index (χ3n) is 3.94. The van der Waals surface area contributed by atoms with Gasteiger partial charge < -0.3 is 4.98 Å². The van der Waals surface area contributed by atoms with Gasteiger partial charge in [0.1, 0.15) is 5.82 Å². The lowest BCUT2D eigenvalue weighted by molar-refractivity contribution is 0.0995. The number of thiophene rings is 1. The van der Waals surface area contributed by atoms with Crippen molar-refractivity contribution >= 4 is 39.8 Å². The second-order valence-corrected chi connectivity index (χ2v) is 8.03. The summed E-state index contributed by atoms with van der Waals surface area (Å²) in [5, 5.41) is 10.5. The number of carbonyl (C=O) groups is 1. The van der Waals surface area contributed by atoms with Gasteiger partial charge in [-0.1, -0.05) is 36.0 Å². The molecule has 1 aromatic carbocycles. The number of Topliss-reactive ketones (excluding diaryl/α,β-unsaturated/α-hetero) is 1. The van der Waals surface area contributed by atoms with Crippen molar-refractivity contribution < 1.29 is 4.79 Å². The first-order valence-electron chi connectivity index (χ1n) is 7.91. The first kappa shape index (κ1) is 16.1. The molecule has 0 aliphatic heterocycles. The molecule has 126 valence electrons. The maximum atomic E-state index is 12.8. The maximum absolute atomic E-state index is 12.8. The molecule has 0 bridgehead atoms. The molecule has 25 heavy (non-hydrogen) atoms. The van der Waals surface area contributed by atoms with Crippen LogP contribution in [0.1, 0.15) is 28.0 Å². The zero-order valence-corrected chi connectivity index (χ0v) is 15.2. The highest BCUT2D eigenvalue weighted by Gasteiger charge is 2.21. The summed E-state index contributed by atoms with van der Waals surface area (Å²) in [6.07, 6.45) is 2.51. The third kappa shape index (κ3) is 3.38. The van der Waals surface area contributed by atoms with Crippen LogP contribution < -0.4 is 0 Å². The Morgan fingerprint density at radius 1 is 1.28 bits per heavy atom. The number of benzene rings is 1. The molecule has 0 spiro atoms. The molecule has 0 saturated carbocycles. The minimum absolute atomic E-state index is 0.0760. The number of H-pyrrole nitrogens is 2. The SMILES string of the molecule is CC(Sc1n[nH]c(Cc2cccs2)n1)C(=O)c1c[nH]c2ccccc12. The zero-order chi connectivity index (χ0) is 17.2. The standard InChI is InChI=1S/C18H16N4OS2/c1-11(17(23)14-10-19-15-7-3-2-6-13(14)15)25-18-20-16(21-22-18)9-12-5-4-8-24-12/h2-8,10-11,19H,9H2,1H3,(H,20,21,22). The van der Waals surface area contributed by atoms with Crippen LogP contribution in [0.5, 0.6) is 0 Å². The first-order valence-corrected chi connectivity index (χ1v) is 9.67. The number of hydrogen-bond donors (Lipinski definition) is 2. The van der Waals surface area contributed by atoms with E-state index in [1.807, 2.05) is 42.6 Å². The highest BCUT2D eigenvalue weighted by molar-refractivity contribution is 8.00. The fourth-order valence-corrected chi connectivity index (χ4v) is 4.21. The number of aromatic nitrogens is 4. The second kappa shape index (κ2) is 6.85. The normalized spacial score (nSPS) is 12.5. The molecule has 3 aromatic heterocycles. The number of nitrogens with zero attached hydrogens (tertiary/aromatic N) is 2.